The molecule has 144 valence electrons. The second-order valence-corrected chi connectivity index (χ2v) is 7.35. The molecule has 2 N–H and O–H groups in total. The van der Waals surface area contributed by atoms with E-state index >= 15 is 0 Å². The average molecular weight is 361 g/mol. The maximum Gasteiger partial charge on any atom is 0.243 e. The van der Waals surface area contributed by atoms with Crippen molar-refractivity contribution in [2.75, 3.05) is 38.6 Å². The molecule has 26 heavy (non-hydrogen) atoms. The van der Waals surface area contributed by atoms with Crippen molar-refractivity contribution < 1.29 is 4.79 Å². The summed E-state index contributed by atoms with van der Waals surface area (Å²) < 4.78 is 0. The van der Waals surface area contributed by atoms with E-state index in [1.165, 1.54) is 5.56 Å². The Bertz CT molecular complexity index is 603. The maximum atomic E-state index is 11.8. The maximum absolute atomic E-state index is 11.8. The van der Waals surface area contributed by atoms with Gasteiger partial charge in [-0.05, 0) is 45.2 Å². The van der Waals surface area contributed by atoms with Crippen molar-refractivity contribution in [3.63, 3.8) is 0 Å². The largest absolute Gasteiger partial charge is 0.356 e. The van der Waals surface area contributed by atoms with Crippen molar-refractivity contribution in [3.8, 4) is 0 Å². The number of pyridine rings is 1. The third kappa shape index (κ3) is 6.20. The van der Waals surface area contributed by atoms with Gasteiger partial charge in [-0.1, -0.05) is 6.07 Å². The Morgan fingerprint density at radius 1 is 1.35 bits per heavy atom. The highest BCUT2D eigenvalue weighted by atomic mass is 16.2. The van der Waals surface area contributed by atoms with Gasteiger partial charge in [0.05, 0.1) is 0 Å². The van der Waals surface area contributed by atoms with Crippen LogP contribution in [-0.2, 0) is 4.79 Å². The molecule has 1 amide bonds. The summed E-state index contributed by atoms with van der Waals surface area (Å²) in [5.74, 6) is 1.75. The third-order valence-electron chi connectivity index (χ3n) is 4.35. The second-order valence-electron chi connectivity index (χ2n) is 7.35. The summed E-state index contributed by atoms with van der Waals surface area (Å²) in [6, 6.07) is 4.79. The van der Waals surface area contributed by atoms with E-state index in [9.17, 15) is 4.79 Å². The van der Waals surface area contributed by atoms with Crippen molar-refractivity contribution in [2.24, 2.45) is 4.99 Å². The smallest absolute Gasteiger partial charge is 0.243 e. The molecule has 1 aromatic heterocycles. The van der Waals surface area contributed by atoms with Gasteiger partial charge >= 0.3 is 0 Å². The number of piperidine rings is 1. The van der Waals surface area contributed by atoms with Crippen molar-refractivity contribution in [3.05, 3.63) is 23.9 Å². The molecule has 0 aromatic carbocycles. The Kier molecular flexibility index (Phi) is 7.24. The first-order chi connectivity index (χ1) is 12.3. The number of hydrogen-bond acceptors (Lipinski definition) is 4. The lowest BCUT2D eigenvalue weighted by molar-refractivity contribution is -0.127. The van der Waals surface area contributed by atoms with Crippen LogP contribution in [-0.4, -0.2) is 67.6 Å². The van der Waals surface area contributed by atoms with Crippen LogP contribution in [0, 0.1) is 6.92 Å². The first-order valence-corrected chi connectivity index (χ1v) is 9.30. The Hall–Kier alpha value is -2.31. The van der Waals surface area contributed by atoms with Crippen LogP contribution in [0.25, 0.3) is 0 Å². The number of rotatable bonds is 5. The molecule has 7 heteroatoms. The monoisotopic (exact) mass is 360 g/mol. The van der Waals surface area contributed by atoms with Gasteiger partial charge in [0.25, 0.3) is 0 Å². The number of amides is 1. The van der Waals surface area contributed by atoms with E-state index in [1.807, 2.05) is 6.20 Å². The molecule has 0 aliphatic carbocycles. The van der Waals surface area contributed by atoms with Crippen molar-refractivity contribution in [1.82, 2.24) is 20.5 Å². The van der Waals surface area contributed by atoms with E-state index in [0.29, 0.717) is 12.0 Å². The van der Waals surface area contributed by atoms with Crippen molar-refractivity contribution in [2.45, 2.75) is 45.7 Å². The van der Waals surface area contributed by atoms with Crippen molar-refractivity contribution >= 4 is 17.7 Å². The lowest BCUT2D eigenvalue weighted by Crippen LogP contribution is -2.50. The lowest BCUT2D eigenvalue weighted by atomic mass is 10.1. The van der Waals surface area contributed by atoms with E-state index in [-0.39, 0.29) is 18.5 Å². The SMILES string of the molecule is Cc1ccc(N2CCC(NC(=NCC(=O)N(C)C)NC(C)C)CC2)nc1. The number of aromatic nitrogens is 1. The van der Waals surface area contributed by atoms with Gasteiger partial charge in [0.15, 0.2) is 5.96 Å². The fourth-order valence-electron chi connectivity index (χ4n) is 2.79. The molecule has 0 bridgehead atoms. The normalized spacial score (nSPS) is 15.9. The zero-order valence-electron chi connectivity index (χ0n) is 16.6. The highest BCUT2D eigenvalue weighted by Crippen LogP contribution is 2.18. The zero-order chi connectivity index (χ0) is 19.1. The molecule has 0 atom stereocenters. The van der Waals surface area contributed by atoms with Gasteiger partial charge in [0, 0.05) is 45.5 Å². The molecule has 0 unspecified atom stereocenters. The van der Waals surface area contributed by atoms with Crippen LogP contribution in [0.5, 0.6) is 0 Å². The molecular weight excluding hydrogens is 328 g/mol. The first-order valence-electron chi connectivity index (χ1n) is 9.30. The standard InChI is InChI=1S/C19H32N6O/c1-14(2)22-19(21-13-18(26)24(4)5)23-16-8-10-25(11-9-16)17-7-6-15(3)12-20-17/h6-7,12,14,16H,8-11,13H2,1-5H3,(H2,21,22,23). The Labute approximate surface area is 156 Å². The number of anilines is 1. The summed E-state index contributed by atoms with van der Waals surface area (Å²) in [7, 11) is 3.49. The van der Waals surface area contributed by atoms with Crippen molar-refractivity contribution in [1.29, 1.82) is 0 Å². The van der Waals surface area contributed by atoms with E-state index in [4.69, 9.17) is 0 Å². The van der Waals surface area contributed by atoms with Gasteiger partial charge in [0.1, 0.15) is 12.4 Å². The van der Waals surface area contributed by atoms with E-state index in [2.05, 4.69) is 58.4 Å². The van der Waals surface area contributed by atoms with Crippen LogP contribution < -0.4 is 15.5 Å². The molecule has 2 heterocycles. The molecule has 0 saturated carbocycles. The summed E-state index contributed by atoms with van der Waals surface area (Å²) in [5, 5.41) is 6.80. The third-order valence-corrected chi connectivity index (χ3v) is 4.35. The van der Waals surface area contributed by atoms with Crippen LogP contribution in [0.1, 0.15) is 32.3 Å². The molecule has 7 nitrogen and oxygen atoms in total. The predicted molar refractivity (Wildman–Crippen MR) is 107 cm³/mol. The second kappa shape index (κ2) is 9.40. The molecule has 1 aliphatic heterocycles. The van der Waals surface area contributed by atoms with Gasteiger partial charge in [-0.15, -0.1) is 0 Å². The fraction of sp³-hybridized carbons (Fsp3) is 0.632. The van der Waals surface area contributed by atoms with Crippen LogP contribution in [0.4, 0.5) is 5.82 Å². The highest BCUT2D eigenvalue weighted by Gasteiger charge is 2.21. The van der Waals surface area contributed by atoms with Gasteiger partial charge in [-0.25, -0.2) is 9.98 Å². The molecule has 0 radical (unpaired) electrons. The van der Waals surface area contributed by atoms with Gasteiger partial charge in [-0.3, -0.25) is 4.79 Å². The number of aryl methyl sites for hydroxylation is 1. The Morgan fingerprint density at radius 3 is 2.58 bits per heavy atom. The van der Waals surface area contributed by atoms with Crippen LogP contribution in [0.3, 0.4) is 0 Å². The van der Waals surface area contributed by atoms with Gasteiger partial charge < -0.3 is 20.4 Å². The zero-order valence-corrected chi connectivity index (χ0v) is 16.6. The summed E-state index contributed by atoms with van der Waals surface area (Å²) >= 11 is 0. The molecule has 1 aliphatic rings. The topological polar surface area (TPSA) is 72.9 Å². The summed E-state index contributed by atoms with van der Waals surface area (Å²) in [6.45, 7) is 8.25. The predicted octanol–water partition coefficient (Wildman–Crippen LogP) is 1.39. The molecule has 2 rings (SSSR count). The molecule has 0 spiro atoms. The molecule has 1 saturated heterocycles. The minimum Gasteiger partial charge on any atom is -0.356 e. The lowest BCUT2D eigenvalue weighted by Gasteiger charge is -2.34. The number of hydrogen-bond donors (Lipinski definition) is 2. The molecule has 1 fully saturated rings. The molecule has 1 aromatic rings. The molecular formula is C19H32N6O. The summed E-state index contributed by atoms with van der Waals surface area (Å²) in [5.41, 5.74) is 1.18. The number of likely N-dealkylation sites (N-methyl/N-ethyl adjacent to an activating group) is 1. The minimum atomic E-state index is -0.00452. The van der Waals surface area contributed by atoms with E-state index in [0.717, 1.165) is 31.7 Å². The van der Waals surface area contributed by atoms with Gasteiger partial charge in [-0.2, -0.15) is 0 Å². The number of aliphatic imine (C=N–C) groups is 1. The Balaban J connectivity index is 1.90. The number of carbonyl (C=O) groups excluding carboxylic acids is 1. The highest BCUT2D eigenvalue weighted by molar-refractivity contribution is 5.85. The summed E-state index contributed by atoms with van der Waals surface area (Å²) in [6.07, 6.45) is 3.94. The fourth-order valence-corrected chi connectivity index (χ4v) is 2.79. The number of carbonyl (C=O) groups is 1. The van der Waals surface area contributed by atoms with Crippen LogP contribution in [0.15, 0.2) is 23.3 Å². The average Bonchev–Trinajstić information content (AvgIpc) is 2.60. The van der Waals surface area contributed by atoms with E-state index in [1.54, 1.807) is 19.0 Å². The van der Waals surface area contributed by atoms with Crippen LogP contribution >= 0.6 is 0 Å². The summed E-state index contributed by atoms with van der Waals surface area (Å²) in [4.78, 5) is 24.6. The van der Waals surface area contributed by atoms with Crippen LogP contribution in [0.2, 0.25) is 0 Å². The Morgan fingerprint density at radius 2 is 2.04 bits per heavy atom. The number of nitrogens with one attached hydrogen (secondary N) is 2. The minimum absolute atomic E-state index is 0.00452. The van der Waals surface area contributed by atoms with Gasteiger partial charge in [0.2, 0.25) is 5.91 Å². The number of nitrogens with zero attached hydrogens (tertiary/aromatic N) is 4. The number of guanidine groups is 1. The first kappa shape index (κ1) is 20.0. The van der Waals surface area contributed by atoms with E-state index < -0.39 is 0 Å². The quantitative estimate of drug-likeness (QED) is 0.613.